The van der Waals surface area contributed by atoms with E-state index in [1.807, 2.05) is 24.3 Å². The fourth-order valence-electron chi connectivity index (χ4n) is 3.06. The molecule has 0 N–H and O–H groups in total. The summed E-state index contributed by atoms with van der Waals surface area (Å²) < 4.78 is 11.3. The van der Waals surface area contributed by atoms with Gasteiger partial charge in [-0.3, -0.25) is 9.80 Å². The fraction of sp³-hybridized carbons (Fsp3) is 0.600. The van der Waals surface area contributed by atoms with Crippen molar-refractivity contribution in [2.24, 2.45) is 0 Å². The van der Waals surface area contributed by atoms with Crippen molar-refractivity contribution >= 4 is 11.6 Å². The highest BCUT2D eigenvalue weighted by molar-refractivity contribution is 6.30. The standard InChI is InChI=1S/C20H29ClN4O2/c1-15(18-22-19(23-27-18)20(2,3)4)25-11-9-24(10-12-25)13-14-26-17-7-5-16(21)6-8-17/h5-8,15H,9-14H2,1-4H3. The maximum absolute atomic E-state index is 5.89. The van der Waals surface area contributed by atoms with Crippen molar-refractivity contribution in [3.8, 4) is 5.75 Å². The lowest BCUT2D eigenvalue weighted by Crippen LogP contribution is -2.48. The van der Waals surface area contributed by atoms with Crippen LogP contribution < -0.4 is 4.74 Å². The Morgan fingerprint density at radius 1 is 1.15 bits per heavy atom. The molecule has 0 aliphatic carbocycles. The molecule has 0 radical (unpaired) electrons. The van der Waals surface area contributed by atoms with Crippen LogP contribution >= 0.6 is 11.6 Å². The Bertz CT molecular complexity index is 718. The maximum Gasteiger partial charge on any atom is 0.243 e. The van der Waals surface area contributed by atoms with Crippen LogP contribution in [-0.4, -0.2) is 59.3 Å². The summed E-state index contributed by atoms with van der Waals surface area (Å²) in [5.41, 5.74) is -0.0930. The van der Waals surface area contributed by atoms with Crippen LogP contribution in [0.3, 0.4) is 0 Å². The second-order valence-corrected chi connectivity index (χ2v) is 8.50. The monoisotopic (exact) mass is 392 g/mol. The smallest absolute Gasteiger partial charge is 0.243 e. The van der Waals surface area contributed by atoms with Crippen LogP contribution in [0.4, 0.5) is 0 Å². The van der Waals surface area contributed by atoms with Gasteiger partial charge in [-0.15, -0.1) is 0 Å². The number of piperazine rings is 1. The summed E-state index contributed by atoms with van der Waals surface area (Å²) in [6.07, 6.45) is 0. The highest BCUT2D eigenvalue weighted by atomic mass is 35.5. The molecule has 1 fully saturated rings. The molecule has 1 aliphatic rings. The van der Waals surface area contributed by atoms with Crippen molar-refractivity contribution in [1.29, 1.82) is 0 Å². The molecular weight excluding hydrogens is 364 g/mol. The van der Waals surface area contributed by atoms with E-state index in [4.69, 9.17) is 20.9 Å². The Kier molecular flexibility index (Phi) is 6.40. The Balaban J connectivity index is 1.43. The molecule has 2 aromatic rings. The minimum absolute atomic E-state index is 0.0930. The second-order valence-electron chi connectivity index (χ2n) is 8.06. The number of hydrogen-bond donors (Lipinski definition) is 0. The Morgan fingerprint density at radius 3 is 2.41 bits per heavy atom. The summed E-state index contributed by atoms with van der Waals surface area (Å²) >= 11 is 5.89. The van der Waals surface area contributed by atoms with Gasteiger partial charge in [0.2, 0.25) is 5.89 Å². The Hall–Kier alpha value is -1.63. The van der Waals surface area contributed by atoms with Gasteiger partial charge in [-0.2, -0.15) is 4.98 Å². The predicted molar refractivity (Wildman–Crippen MR) is 106 cm³/mol. The molecule has 1 saturated heterocycles. The van der Waals surface area contributed by atoms with Crippen molar-refractivity contribution in [2.75, 3.05) is 39.3 Å². The molecule has 1 atom stereocenters. The molecule has 1 aliphatic heterocycles. The number of halogens is 1. The first kappa shape index (κ1) is 20.1. The zero-order chi connectivity index (χ0) is 19.4. The van der Waals surface area contributed by atoms with Crippen molar-refractivity contribution < 1.29 is 9.26 Å². The molecule has 0 amide bonds. The Morgan fingerprint density at radius 2 is 1.81 bits per heavy atom. The normalized spacial score (nSPS) is 17.8. The number of hydrogen-bond acceptors (Lipinski definition) is 6. The minimum Gasteiger partial charge on any atom is -0.492 e. The van der Waals surface area contributed by atoms with Gasteiger partial charge < -0.3 is 9.26 Å². The first-order valence-corrected chi connectivity index (χ1v) is 9.89. The Labute approximate surface area is 166 Å². The lowest BCUT2D eigenvalue weighted by atomic mass is 9.96. The predicted octanol–water partition coefficient (Wildman–Crippen LogP) is 3.78. The SMILES string of the molecule is CC(c1nc(C(C)(C)C)no1)N1CCN(CCOc2ccc(Cl)cc2)CC1. The molecule has 3 rings (SSSR count). The molecule has 1 aromatic heterocycles. The van der Waals surface area contributed by atoms with E-state index in [9.17, 15) is 0 Å². The molecule has 27 heavy (non-hydrogen) atoms. The van der Waals surface area contributed by atoms with E-state index in [1.165, 1.54) is 0 Å². The van der Waals surface area contributed by atoms with Crippen LogP contribution in [0.25, 0.3) is 0 Å². The van der Waals surface area contributed by atoms with E-state index in [0.717, 1.165) is 49.3 Å². The third-order valence-corrected chi connectivity index (χ3v) is 5.17. The van der Waals surface area contributed by atoms with Crippen LogP contribution in [0.1, 0.15) is 45.5 Å². The van der Waals surface area contributed by atoms with Crippen LogP contribution in [0.5, 0.6) is 5.75 Å². The first-order chi connectivity index (χ1) is 12.8. The van der Waals surface area contributed by atoms with Crippen molar-refractivity contribution in [3.05, 3.63) is 41.0 Å². The van der Waals surface area contributed by atoms with E-state index in [1.54, 1.807) is 0 Å². The van der Waals surface area contributed by atoms with E-state index in [2.05, 4.69) is 47.6 Å². The fourth-order valence-corrected chi connectivity index (χ4v) is 3.19. The topological polar surface area (TPSA) is 54.6 Å². The average Bonchev–Trinajstić information content (AvgIpc) is 3.14. The van der Waals surface area contributed by atoms with Gasteiger partial charge in [-0.1, -0.05) is 37.5 Å². The molecule has 2 heterocycles. The van der Waals surface area contributed by atoms with Gasteiger partial charge in [0.25, 0.3) is 0 Å². The number of nitrogens with zero attached hydrogens (tertiary/aromatic N) is 4. The van der Waals surface area contributed by atoms with E-state index < -0.39 is 0 Å². The van der Waals surface area contributed by atoms with Crippen LogP contribution in [-0.2, 0) is 5.41 Å². The van der Waals surface area contributed by atoms with E-state index in [0.29, 0.717) is 12.5 Å². The lowest BCUT2D eigenvalue weighted by molar-refractivity contribution is 0.0800. The molecule has 1 unspecified atom stereocenters. The van der Waals surface area contributed by atoms with Crippen molar-refractivity contribution in [3.63, 3.8) is 0 Å². The number of benzene rings is 1. The second kappa shape index (κ2) is 8.59. The summed E-state index contributed by atoms with van der Waals surface area (Å²) in [6.45, 7) is 14.0. The van der Waals surface area contributed by atoms with Crippen LogP contribution in [0.15, 0.2) is 28.8 Å². The van der Waals surface area contributed by atoms with Crippen LogP contribution in [0.2, 0.25) is 5.02 Å². The van der Waals surface area contributed by atoms with E-state index in [-0.39, 0.29) is 11.5 Å². The summed E-state index contributed by atoms with van der Waals surface area (Å²) in [5.74, 6) is 2.33. The minimum atomic E-state index is -0.0930. The summed E-state index contributed by atoms with van der Waals surface area (Å²) in [6, 6.07) is 7.64. The van der Waals surface area contributed by atoms with Gasteiger partial charge in [-0.05, 0) is 31.2 Å². The molecule has 148 valence electrons. The van der Waals surface area contributed by atoms with Gasteiger partial charge in [0, 0.05) is 43.2 Å². The third kappa shape index (κ3) is 5.43. The number of ether oxygens (including phenoxy) is 1. The molecule has 7 heteroatoms. The average molecular weight is 393 g/mol. The summed E-state index contributed by atoms with van der Waals surface area (Å²) in [4.78, 5) is 9.43. The quantitative estimate of drug-likeness (QED) is 0.745. The first-order valence-electron chi connectivity index (χ1n) is 9.52. The maximum atomic E-state index is 5.89. The third-order valence-electron chi connectivity index (χ3n) is 4.91. The van der Waals surface area contributed by atoms with Gasteiger partial charge in [0.1, 0.15) is 12.4 Å². The molecule has 6 nitrogen and oxygen atoms in total. The molecule has 1 aromatic carbocycles. The zero-order valence-corrected chi connectivity index (χ0v) is 17.4. The van der Waals surface area contributed by atoms with Gasteiger partial charge in [0.15, 0.2) is 5.82 Å². The largest absolute Gasteiger partial charge is 0.492 e. The summed E-state index contributed by atoms with van der Waals surface area (Å²) in [7, 11) is 0. The van der Waals surface area contributed by atoms with Gasteiger partial charge in [0.05, 0.1) is 6.04 Å². The molecular formula is C20H29ClN4O2. The molecule has 0 saturated carbocycles. The molecule has 0 bridgehead atoms. The van der Waals surface area contributed by atoms with Gasteiger partial charge >= 0.3 is 0 Å². The molecule has 0 spiro atoms. The number of aromatic nitrogens is 2. The van der Waals surface area contributed by atoms with Gasteiger partial charge in [-0.25, -0.2) is 0 Å². The summed E-state index contributed by atoms with van der Waals surface area (Å²) in [5, 5.41) is 4.87. The lowest BCUT2D eigenvalue weighted by Gasteiger charge is -2.36. The van der Waals surface area contributed by atoms with Crippen LogP contribution in [0, 0.1) is 0 Å². The van der Waals surface area contributed by atoms with Crippen molar-refractivity contribution in [1.82, 2.24) is 19.9 Å². The number of rotatable bonds is 6. The van der Waals surface area contributed by atoms with Crippen molar-refractivity contribution in [2.45, 2.75) is 39.2 Å². The zero-order valence-electron chi connectivity index (χ0n) is 16.6. The highest BCUT2D eigenvalue weighted by Gasteiger charge is 2.28. The van der Waals surface area contributed by atoms with E-state index >= 15 is 0 Å². The highest BCUT2D eigenvalue weighted by Crippen LogP contribution is 2.24.